The summed E-state index contributed by atoms with van der Waals surface area (Å²) in [5.41, 5.74) is 0.466. The zero-order chi connectivity index (χ0) is 16.2. The fourth-order valence-corrected chi connectivity index (χ4v) is 3.31. The van der Waals surface area contributed by atoms with E-state index in [1.807, 2.05) is 0 Å². The van der Waals surface area contributed by atoms with Gasteiger partial charge in [-0.3, -0.25) is 19.6 Å². The van der Waals surface area contributed by atoms with Gasteiger partial charge in [0.05, 0.1) is 17.7 Å². The van der Waals surface area contributed by atoms with Gasteiger partial charge in [-0.15, -0.1) is 0 Å². The van der Waals surface area contributed by atoms with Crippen molar-refractivity contribution >= 4 is 11.9 Å². The smallest absolute Gasteiger partial charge is 0.309 e. The van der Waals surface area contributed by atoms with E-state index in [2.05, 4.69) is 15.1 Å². The summed E-state index contributed by atoms with van der Waals surface area (Å²) in [5.74, 6) is -1.59. The Morgan fingerprint density at radius 3 is 2.70 bits per heavy atom. The minimum absolute atomic E-state index is 0.168. The van der Waals surface area contributed by atoms with Gasteiger partial charge in [0.15, 0.2) is 0 Å². The zero-order valence-corrected chi connectivity index (χ0v) is 13.0. The first kappa shape index (κ1) is 15.9. The van der Waals surface area contributed by atoms with Gasteiger partial charge in [0.2, 0.25) is 0 Å². The predicted molar refractivity (Wildman–Crippen MR) is 81.0 cm³/mol. The molecule has 1 amide bonds. The summed E-state index contributed by atoms with van der Waals surface area (Å²) in [4.78, 5) is 27.9. The molecule has 0 radical (unpaired) electrons. The number of carboxylic acid groups (broad SMARTS) is 1. The molecule has 3 heterocycles. The third kappa shape index (κ3) is 3.70. The average molecular weight is 322 g/mol. The maximum Gasteiger partial charge on any atom is 0.309 e. The second-order valence-corrected chi connectivity index (χ2v) is 6.11. The first-order chi connectivity index (χ1) is 11.1. The van der Waals surface area contributed by atoms with Crippen molar-refractivity contribution in [3.63, 3.8) is 0 Å². The summed E-state index contributed by atoms with van der Waals surface area (Å²) in [6, 6.07) is 0.342. The molecular formula is C15H22N4O4. The van der Waals surface area contributed by atoms with E-state index in [1.54, 1.807) is 11.1 Å². The molecule has 1 atom stereocenters. The lowest BCUT2D eigenvalue weighted by atomic mass is 10.0. The molecule has 8 heteroatoms. The van der Waals surface area contributed by atoms with Crippen LogP contribution < -0.4 is 0 Å². The van der Waals surface area contributed by atoms with Gasteiger partial charge in [0.25, 0.3) is 5.91 Å². The summed E-state index contributed by atoms with van der Waals surface area (Å²) >= 11 is 0. The van der Waals surface area contributed by atoms with Crippen LogP contribution in [0.15, 0.2) is 12.4 Å². The average Bonchev–Trinajstić information content (AvgIpc) is 3.00. The van der Waals surface area contributed by atoms with Crippen molar-refractivity contribution in [2.24, 2.45) is 5.92 Å². The molecule has 2 N–H and O–H groups in total. The number of hydrogen-bond donors (Lipinski definition) is 2. The summed E-state index contributed by atoms with van der Waals surface area (Å²) in [7, 11) is 0. The zero-order valence-electron chi connectivity index (χ0n) is 13.0. The number of nitrogens with one attached hydrogen (secondary N) is 1. The molecule has 2 aliphatic heterocycles. The van der Waals surface area contributed by atoms with Crippen molar-refractivity contribution in [3.8, 4) is 0 Å². The molecule has 2 fully saturated rings. The van der Waals surface area contributed by atoms with Crippen molar-refractivity contribution < 1.29 is 19.4 Å². The number of aliphatic carboxylic acids is 1. The predicted octanol–water partition coefficient (Wildman–Crippen LogP) is 0.0473. The van der Waals surface area contributed by atoms with E-state index in [0.717, 1.165) is 26.1 Å². The van der Waals surface area contributed by atoms with Gasteiger partial charge in [0, 0.05) is 51.6 Å². The standard InChI is InChI=1S/C15H22N4O4/c20-14(11-7-16-17-8-11)19-4-3-18(9-12(10-19)15(21)22)13-1-5-23-6-2-13/h7-8,12-13H,1-6,9-10H2,(H,16,17)(H,21,22). The van der Waals surface area contributed by atoms with Gasteiger partial charge >= 0.3 is 5.97 Å². The quantitative estimate of drug-likeness (QED) is 0.816. The van der Waals surface area contributed by atoms with Crippen LogP contribution in [0, 0.1) is 5.92 Å². The molecule has 2 aliphatic rings. The highest BCUT2D eigenvalue weighted by molar-refractivity contribution is 5.94. The van der Waals surface area contributed by atoms with Gasteiger partial charge < -0.3 is 14.7 Å². The minimum Gasteiger partial charge on any atom is -0.481 e. The number of carbonyl (C=O) groups excluding carboxylic acids is 1. The summed E-state index contributed by atoms with van der Waals surface area (Å²) in [5, 5.41) is 15.9. The van der Waals surface area contributed by atoms with Crippen molar-refractivity contribution in [2.45, 2.75) is 18.9 Å². The van der Waals surface area contributed by atoms with E-state index in [9.17, 15) is 14.7 Å². The number of rotatable bonds is 3. The highest BCUT2D eigenvalue weighted by Gasteiger charge is 2.33. The number of nitrogens with zero attached hydrogens (tertiary/aromatic N) is 3. The highest BCUT2D eigenvalue weighted by Crippen LogP contribution is 2.20. The van der Waals surface area contributed by atoms with Gasteiger partial charge in [0.1, 0.15) is 0 Å². The number of H-pyrrole nitrogens is 1. The van der Waals surface area contributed by atoms with Crippen LogP contribution in [0.4, 0.5) is 0 Å². The second kappa shape index (κ2) is 7.10. The Labute approximate surface area is 134 Å². The monoisotopic (exact) mass is 322 g/mol. The SMILES string of the molecule is O=C(O)C1CN(C(=O)c2cn[nH]c2)CCN(C2CCOCC2)C1. The fourth-order valence-electron chi connectivity index (χ4n) is 3.31. The molecule has 23 heavy (non-hydrogen) atoms. The number of hydrogen-bond acceptors (Lipinski definition) is 5. The molecule has 8 nitrogen and oxygen atoms in total. The minimum atomic E-state index is -0.853. The number of ether oxygens (including phenoxy) is 1. The van der Waals surface area contributed by atoms with Crippen molar-refractivity contribution in [2.75, 3.05) is 39.4 Å². The molecule has 2 saturated heterocycles. The Kier molecular flexibility index (Phi) is 4.92. The molecule has 3 rings (SSSR count). The summed E-state index contributed by atoms with van der Waals surface area (Å²) < 4.78 is 5.39. The number of carboxylic acids is 1. The first-order valence-electron chi connectivity index (χ1n) is 7.98. The molecule has 0 aromatic carbocycles. The van der Waals surface area contributed by atoms with Crippen LogP contribution in [0.3, 0.4) is 0 Å². The molecule has 1 unspecified atom stereocenters. The third-order valence-corrected chi connectivity index (χ3v) is 4.64. The molecule has 1 aromatic heterocycles. The maximum atomic E-state index is 12.5. The van der Waals surface area contributed by atoms with Gasteiger partial charge in [-0.1, -0.05) is 0 Å². The topological polar surface area (TPSA) is 98.8 Å². The van der Waals surface area contributed by atoms with Gasteiger partial charge in [-0.05, 0) is 12.8 Å². The highest BCUT2D eigenvalue weighted by atomic mass is 16.5. The lowest BCUT2D eigenvalue weighted by Gasteiger charge is -2.34. The Bertz CT molecular complexity index is 542. The molecule has 0 spiro atoms. The molecule has 0 saturated carbocycles. The van der Waals surface area contributed by atoms with Crippen LogP contribution in [-0.4, -0.2) is 82.4 Å². The van der Waals surface area contributed by atoms with E-state index in [-0.39, 0.29) is 12.5 Å². The number of amides is 1. The number of carbonyl (C=O) groups is 2. The molecule has 126 valence electrons. The van der Waals surface area contributed by atoms with E-state index >= 15 is 0 Å². The van der Waals surface area contributed by atoms with Gasteiger partial charge in [-0.2, -0.15) is 5.10 Å². The molecular weight excluding hydrogens is 300 g/mol. The fraction of sp³-hybridized carbons (Fsp3) is 0.667. The molecule has 1 aromatic rings. The van der Waals surface area contributed by atoms with Crippen LogP contribution in [0.2, 0.25) is 0 Å². The third-order valence-electron chi connectivity index (χ3n) is 4.64. The Balaban J connectivity index is 1.72. The van der Waals surface area contributed by atoms with Crippen LogP contribution in [0.1, 0.15) is 23.2 Å². The van der Waals surface area contributed by atoms with E-state index in [0.29, 0.717) is 31.2 Å². The van der Waals surface area contributed by atoms with E-state index in [1.165, 1.54) is 6.20 Å². The van der Waals surface area contributed by atoms with E-state index in [4.69, 9.17) is 4.74 Å². The van der Waals surface area contributed by atoms with Crippen LogP contribution in [0.5, 0.6) is 0 Å². The maximum absolute atomic E-state index is 12.5. The second-order valence-electron chi connectivity index (χ2n) is 6.11. The summed E-state index contributed by atoms with van der Waals surface area (Å²) in [6.07, 6.45) is 4.85. The Hall–Kier alpha value is -1.93. The van der Waals surface area contributed by atoms with Crippen LogP contribution in [-0.2, 0) is 9.53 Å². The van der Waals surface area contributed by atoms with Crippen molar-refractivity contribution in [1.29, 1.82) is 0 Å². The lowest BCUT2D eigenvalue weighted by Crippen LogP contribution is -2.43. The largest absolute Gasteiger partial charge is 0.481 e. The summed E-state index contributed by atoms with van der Waals surface area (Å²) in [6.45, 7) is 3.38. The molecule has 0 aliphatic carbocycles. The Morgan fingerprint density at radius 1 is 1.26 bits per heavy atom. The first-order valence-corrected chi connectivity index (χ1v) is 7.98. The number of aromatic nitrogens is 2. The van der Waals surface area contributed by atoms with Crippen molar-refractivity contribution in [1.82, 2.24) is 20.0 Å². The van der Waals surface area contributed by atoms with Crippen LogP contribution >= 0.6 is 0 Å². The Morgan fingerprint density at radius 2 is 2.04 bits per heavy atom. The number of aromatic amines is 1. The van der Waals surface area contributed by atoms with Crippen LogP contribution in [0.25, 0.3) is 0 Å². The van der Waals surface area contributed by atoms with Crippen molar-refractivity contribution in [3.05, 3.63) is 18.0 Å². The normalized spacial score (nSPS) is 24.3. The molecule has 0 bridgehead atoms. The van der Waals surface area contributed by atoms with E-state index < -0.39 is 11.9 Å². The van der Waals surface area contributed by atoms with Gasteiger partial charge in [-0.25, -0.2) is 0 Å². The lowest BCUT2D eigenvalue weighted by molar-refractivity contribution is -0.142.